The zero-order chi connectivity index (χ0) is 30.4. The Morgan fingerprint density at radius 2 is 0.891 bits per heavy atom. The van der Waals surface area contributed by atoms with Crippen molar-refractivity contribution in [3.05, 3.63) is 186 Å². The highest BCUT2D eigenvalue weighted by Gasteiger charge is 2.51. The van der Waals surface area contributed by atoms with Gasteiger partial charge in [0, 0.05) is 34.9 Å². The average Bonchev–Trinajstić information content (AvgIpc) is 3.73. The molecule has 1 aromatic heterocycles. The quantitative estimate of drug-likeness (QED) is 0.200. The number of aromatic nitrogens is 1. The van der Waals surface area contributed by atoms with Crippen LogP contribution >= 0.6 is 0 Å². The van der Waals surface area contributed by atoms with Crippen LogP contribution in [0.3, 0.4) is 0 Å². The fourth-order valence-electron chi connectivity index (χ4n) is 8.48. The van der Waals surface area contributed by atoms with Crippen LogP contribution < -0.4 is 4.90 Å². The summed E-state index contributed by atoms with van der Waals surface area (Å²) in [7, 11) is 2.19. The Kier molecular flexibility index (Phi) is 5.16. The standard InChI is InChI=1S/C44H30N2/c1-45(29-13-12-14-31(27-29)46-42-23-10-5-18-36(42)37-19-6-11-24-43(37)46)30-25-26-35-34-17-4-9-22-40(34)44(41(35)28-30)38-20-7-2-15-32(38)33-16-3-8-21-39(33)44/h2-28H,1H3. The second-order valence-corrected chi connectivity index (χ2v) is 12.6. The average molecular weight is 587 g/mol. The fraction of sp³-hybridized carbons (Fsp3) is 0.0455. The number of benzene rings is 7. The minimum Gasteiger partial charge on any atom is -0.345 e. The van der Waals surface area contributed by atoms with Gasteiger partial charge in [0.25, 0.3) is 0 Å². The van der Waals surface area contributed by atoms with Crippen LogP contribution in [-0.2, 0) is 5.41 Å². The lowest BCUT2D eigenvalue weighted by Crippen LogP contribution is -2.26. The molecule has 0 radical (unpaired) electrons. The van der Waals surface area contributed by atoms with Crippen LogP contribution in [-0.4, -0.2) is 11.6 Å². The summed E-state index contributed by atoms with van der Waals surface area (Å²) in [5.74, 6) is 0. The van der Waals surface area contributed by atoms with Crippen LogP contribution in [0, 0.1) is 0 Å². The highest BCUT2D eigenvalue weighted by molar-refractivity contribution is 6.09. The molecule has 7 aromatic carbocycles. The van der Waals surface area contributed by atoms with E-state index in [1.807, 2.05) is 0 Å². The molecular weight excluding hydrogens is 556 g/mol. The highest BCUT2D eigenvalue weighted by atomic mass is 15.1. The molecule has 46 heavy (non-hydrogen) atoms. The number of fused-ring (bicyclic) bond motifs is 13. The Hall–Kier alpha value is -5.86. The predicted octanol–water partition coefficient (Wildman–Crippen LogP) is 10.9. The van der Waals surface area contributed by atoms with Gasteiger partial charge in [0.1, 0.15) is 0 Å². The van der Waals surface area contributed by atoms with E-state index in [1.54, 1.807) is 0 Å². The molecule has 2 nitrogen and oxygen atoms in total. The maximum absolute atomic E-state index is 2.45. The third-order valence-electron chi connectivity index (χ3n) is 10.4. The minimum absolute atomic E-state index is 0.346. The molecule has 10 rings (SSSR count). The molecule has 216 valence electrons. The van der Waals surface area contributed by atoms with Crippen molar-refractivity contribution in [3.8, 4) is 27.9 Å². The third kappa shape index (κ3) is 3.20. The summed E-state index contributed by atoms with van der Waals surface area (Å²) < 4.78 is 2.39. The first-order chi connectivity index (χ1) is 22.7. The predicted molar refractivity (Wildman–Crippen MR) is 192 cm³/mol. The molecule has 0 fully saturated rings. The molecule has 2 heteroatoms. The van der Waals surface area contributed by atoms with Crippen molar-refractivity contribution in [2.75, 3.05) is 11.9 Å². The Bertz CT molecular complexity index is 2400. The van der Waals surface area contributed by atoms with Gasteiger partial charge in [-0.25, -0.2) is 0 Å². The van der Waals surface area contributed by atoms with E-state index in [4.69, 9.17) is 0 Å². The van der Waals surface area contributed by atoms with Crippen LogP contribution in [0.25, 0.3) is 49.7 Å². The molecule has 2 aliphatic carbocycles. The first-order valence-corrected chi connectivity index (χ1v) is 16.0. The lowest BCUT2D eigenvalue weighted by Gasteiger charge is -2.31. The van der Waals surface area contributed by atoms with E-state index in [1.165, 1.54) is 72.0 Å². The summed E-state index contributed by atoms with van der Waals surface area (Å²) in [4.78, 5) is 2.33. The Morgan fingerprint density at radius 3 is 1.48 bits per heavy atom. The van der Waals surface area contributed by atoms with Gasteiger partial charge in [-0.15, -0.1) is 0 Å². The summed E-state index contributed by atoms with van der Waals surface area (Å²) in [5.41, 5.74) is 16.4. The van der Waals surface area contributed by atoms with Crippen LogP contribution in [0.2, 0.25) is 0 Å². The molecule has 0 saturated carbocycles. The first-order valence-electron chi connectivity index (χ1n) is 16.0. The number of hydrogen-bond donors (Lipinski definition) is 0. The SMILES string of the molecule is CN(c1cccc(-n2c3ccccc3c3ccccc32)c1)c1ccc2c(c1)C1(c3ccccc3-c3ccccc31)c1ccccc1-2. The van der Waals surface area contributed by atoms with E-state index in [-0.39, 0.29) is 5.41 Å². The van der Waals surface area contributed by atoms with Crippen LogP contribution in [0.5, 0.6) is 0 Å². The van der Waals surface area contributed by atoms with E-state index in [2.05, 4.69) is 180 Å². The molecule has 0 unspecified atom stereocenters. The summed E-state index contributed by atoms with van der Waals surface area (Å²) in [6.07, 6.45) is 0. The van der Waals surface area contributed by atoms with Gasteiger partial charge in [0.2, 0.25) is 0 Å². The third-order valence-corrected chi connectivity index (χ3v) is 10.4. The molecular formula is C44H30N2. The maximum Gasteiger partial charge on any atom is 0.0726 e. The van der Waals surface area contributed by atoms with Gasteiger partial charge in [0.05, 0.1) is 16.4 Å². The fourth-order valence-corrected chi connectivity index (χ4v) is 8.48. The molecule has 1 heterocycles. The Balaban J connectivity index is 1.16. The second kappa shape index (κ2) is 9.32. The van der Waals surface area contributed by atoms with E-state index < -0.39 is 0 Å². The summed E-state index contributed by atoms with van der Waals surface area (Å²) in [6, 6.07) is 60.4. The molecule has 1 spiro atoms. The van der Waals surface area contributed by atoms with Crippen molar-refractivity contribution in [2.45, 2.75) is 5.41 Å². The van der Waals surface area contributed by atoms with Gasteiger partial charge in [-0.05, 0) is 87.0 Å². The zero-order valence-electron chi connectivity index (χ0n) is 25.5. The highest BCUT2D eigenvalue weighted by Crippen LogP contribution is 2.63. The van der Waals surface area contributed by atoms with Gasteiger partial charge in [0.15, 0.2) is 0 Å². The Morgan fingerprint density at radius 1 is 0.413 bits per heavy atom. The summed E-state index contributed by atoms with van der Waals surface area (Å²) >= 11 is 0. The molecule has 0 aliphatic heterocycles. The number of para-hydroxylation sites is 2. The van der Waals surface area contributed by atoms with Gasteiger partial charge in [-0.2, -0.15) is 0 Å². The number of rotatable bonds is 3. The second-order valence-electron chi connectivity index (χ2n) is 12.6. The number of anilines is 2. The van der Waals surface area contributed by atoms with Crippen molar-refractivity contribution in [3.63, 3.8) is 0 Å². The van der Waals surface area contributed by atoms with Crippen molar-refractivity contribution in [1.29, 1.82) is 0 Å². The zero-order valence-corrected chi connectivity index (χ0v) is 25.5. The van der Waals surface area contributed by atoms with Gasteiger partial charge < -0.3 is 9.47 Å². The van der Waals surface area contributed by atoms with Crippen molar-refractivity contribution in [2.24, 2.45) is 0 Å². The lowest BCUT2D eigenvalue weighted by molar-refractivity contribution is 0.793. The molecule has 8 aromatic rings. The number of nitrogens with zero attached hydrogens (tertiary/aromatic N) is 2. The first kappa shape index (κ1) is 25.5. The maximum atomic E-state index is 2.45. The minimum atomic E-state index is -0.346. The molecule has 0 saturated heterocycles. The van der Waals surface area contributed by atoms with E-state index in [0.717, 1.165) is 11.4 Å². The monoisotopic (exact) mass is 586 g/mol. The lowest BCUT2D eigenvalue weighted by atomic mass is 9.70. The van der Waals surface area contributed by atoms with Crippen molar-refractivity contribution < 1.29 is 0 Å². The van der Waals surface area contributed by atoms with Crippen LogP contribution in [0.1, 0.15) is 22.3 Å². The van der Waals surface area contributed by atoms with Gasteiger partial charge in [-0.1, -0.05) is 121 Å². The van der Waals surface area contributed by atoms with Crippen molar-refractivity contribution >= 4 is 33.2 Å². The van der Waals surface area contributed by atoms with Gasteiger partial charge >= 0.3 is 0 Å². The smallest absolute Gasteiger partial charge is 0.0726 e. The van der Waals surface area contributed by atoms with Crippen LogP contribution in [0.4, 0.5) is 11.4 Å². The van der Waals surface area contributed by atoms with Crippen molar-refractivity contribution in [1.82, 2.24) is 4.57 Å². The van der Waals surface area contributed by atoms with Gasteiger partial charge in [-0.3, -0.25) is 0 Å². The molecule has 0 amide bonds. The summed E-state index contributed by atoms with van der Waals surface area (Å²) in [5, 5.41) is 2.55. The normalized spacial score (nSPS) is 13.5. The van der Waals surface area contributed by atoms with E-state index in [0.29, 0.717) is 0 Å². The van der Waals surface area contributed by atoms with Crippen LogP contribution in [0.15, 0.2) is 164 Å². The molecule has 0 N–H and O–H groups in total. The molecule has 0 atom stereocenters. The topological polar surface area (TPSA) is 8.17 Å². The van der Waals surface area contributed by atoms with E-state index in [9.17, 15) is 0 Å². The van der Waals surface area contributed by atoms with E-state index >= 15 is 0 Å². The molecule has 0 bridgehead atoms. The number of hydrogen-bond acceptors (Lipinski definition) is 1. The largest absolute Gasteiger partial charge is 0.345 e. The molecule has 2 aliphatic rings. The summed E-state index contributed by atoms with van der Waals surface area (Å²) in [6.45, 7) is 0. The Labute approximate surface area is 268 Å².